The van der Waals surface area contributed by atoms with Crippen LogP contribution in [0.3, 0.4) is 0 Å². The summed E-state index contributed by atoms with van der Waals surface area (Å²) in [5, 5.41) is 9.24. The first-order chi connectivity index (χ1) is 14.1. The lowest BCUT2D eigenvalue weighted by molar-refractivity contribution is -0.124. The summed E-state index contributed by atoms with van der Waals surface area (Å²) in [5.74, 6) is 0.0988. The van der Waals surface area contributed by atoms with Gasteiger partial charge in [-0.05, 0) is 31.2 Å². The van der Waals surface area contributed by atoms with Gasteiger partial charge in [-0.15, -0.1) is 11.3 Å². The number of likely N-dealkylation sites (N-methyl/N-ethyl adjacent to an activating group) is 1. The van der Waals surface area contributed by atoms with Crippen LogP contribution in [0.4, 0.5) is 5.00 Å². The van der Waals surface area contributed by atoms with Crippen molar-refractivity contribution in [1.82, 2.24) is 25.1 Å². The summed E-state index contributed by atoms with van der Waals surface area (Å²) < 4.78 is 6.49. The number of fused-ring (bicyclic) bond motifs is 2. The van der Waals surface area contributed by atoms with E-state index in [1.54, 1.807) is 22.4 Å². The van der Waals surface area contributed by atoms with Crippen molar-refractivity contribution in [2.45, 2.75) is 13.0 Å². The molecule has 29 heavy (non-hydrogen) atoms. The van der Waals surface area contributed by atoms with Crippen LogP contribution in [0.5, 0.6) is 0 Å². The van der Waals surface area contributed by atoms with E-state index in [9.17, 15) is 4.79 Å². The Balaban J connectivity index is 1.39. The molecule has 1 fully saturated rings. The number of ether oxygens (including phenoxy) is 1. The Morgan fingerprint density at radius 1 is 1.34 bits per heavy atom. The van der Waals surface area contributed by atoms with Crippen LogP contribution in [0.25, 0.3) is 32.6 Å². The first-order valence-electron chi connectivity index (χ1n) is 9.63. The minimum absolute atomic E-state index is 0.0988. The van der Waals surface area contributed by atoms with Gasteiger partial charge in [0.25, 0.3) is 0 Å². The van der Waals surface area contributed by atoms with E-state index in [2.05, 4.69) is 31.1 Å². The maximum absolute atomic E-state index is 13.0. The zero-order chi connectivity index (χ0) is 20.0. The normalized spacial score (nSPS) is 16.5. The van der Waals surface area contributed by atoms with E-state index < -0.39 is 0 Å². The lowest BCUT2D eigenvalue weighted by atomic mass is 10.2. The Labute approximate surface area is 171 Å². The Bertz CT molecular complexity index is 1140. The van der Waals surface area contributed by atoms with Gasteiger partial charge in [0.2, 0.25) is 5.91 Å². The van der Waals surface area contributed by atoms with Gasteiger partial charge in [-0.2, -0.15) is 5.10 Å². The molecule has 0 radical (unpaired) electrons. The zero-order valence-electron chi connectivity index (χ0n) is 16.3. The van der Waals surface area contributed by atoms with Gasteiger partial charge in [-0.25, -0.2) is 4.98 Å². The van der Waals surface area contributed by atoms with Crippen molar-refractivity contribution in [1.29, 1.82) is 0 Å². The molecule has 2 N–H and O–H groups in total. The fourth-order valence-electron chi connectivity index (χ4n) is 3.77. The molecule has 4 aromatic heterocycles. The van der Waals surface area contributed by atoms with E-state index >= 15 is 0 Å². The summed E-state index contributed by atoms with van der Waals surface area (Å²) in [6, 6.07) is 7.86. The van der Waals surface area contributed by atoms with Gasteiger partial charge in [0, 0.05) is 31.7 Å². The molecule has 1 aliphatic heterocycles. The second kappa shape index (κ2) is 7.25. The average molecular weight is 411 g/mol. The number of H-pyrrole nitrogens is 2. The van der Waals surface area contributed by atoms with Crippen molar-refractivity contribution in [2.75, 3.05) is 38.3 Å². The average Bonchev–Trinajstić information content (AvgIpc) is 3.45. The maximum atomic E-state index is 13.0. The number of aromatic amines is 2. The number of aromatic nitrogens is 4. The van der Waals surface area contributed by atoms with Crippen molar-refractivity contribution < 1.29 is 9.53 Å². The molecule has 1 saturated heterocycles. The van der Waals surface area contributed by atoms with Crippen molar-refractivity contribution in [3.63, 3.8) is 0 Å². The highest BCUT2D eigenvalue weighted by Gasteiger charge is 2.27. The molecular formula is C20H22N6O2S. The SMILES string of the molecule is C[C@@H](C(=O)N(C)c1cc2[nH]c(-c3[nH]nc4ncccc34)cc2s1)N1CCOCC1. The van der Waals surface area contributed by atoms with Crippen LogP contribution in [0.15, 0.2) is 30.5 Å². The Morgan fingerprint density at radius 3 is 2.97 bits per heavy atom. The number of morpholine rings is 1. The third-order valence-electron chi connectivity index (χ3n) is 5.50. The summed E-state index contributed by atoms with van der Waals surface area (Å²) in [4.78, 5) is 24.6. The molecule has 1 atom stereocenters. The fraction of sp³-hybridized carbons (Fsp3) is 0.350. The summed E-state index contributed by atoms with van der Waals surface area (Å²) in [5.41, 5.74) is 3.58. The molecule has 0 aromatic carbocycles. The number of thiophene rings is 1. The first kappa shape index (κ1) is 18.3. The second-order valence-electron chi connectivity index (χ2n) is 7.24. The summed E-state index contributed by atoms with van der Waals surface area (Å²) in [6.07, 6.45) is 1.73. The number of hydrogen-bond acceptors (Lipinski definition) is 6. The molecule has 5 rings (SSSR count). The quantitative estimate of drug-likeness (QED) is 0.540. The molecule has 1 aliphatic rings. The number of rotatable bonds is 4. The highest BCUT2D eigenvalue weighted by molar-refractivity contribution is 7.23. The number of carbonyl (C=O) groups is 1. The standard InChI is InChI=1S/C20H22N6O2S/c1-12(26-6-8-28-9-7-26)20(27)25(2)17-11-14-16(29-17)10-15(22-14)18-13-4-3-5-21-19(13)24-23-18/h3-5,10-12,22H,6-9H2,1-2H3,(H,21,23,24)/t12-/m0/s1. The summed E-state index contributed by atoms with van der Waals surface area (Å²) in [7, 11) is 1.85. The molecule has 5 heterocycles. The van der Waals surface area contributed by atoms with Crippen LogP contribution in [-0.2, 0) is 9.53 Å². The summed E-state index contributed by atoms with van der Waals surface area (Å²) in [6.45, 7) is 4.93. The van der Waals surface area contributed by atoms with Crippen LogP contribution in [-0.4, -0.2) is 70.4 Å². The maximum Gasteiger partial charge on any atom is 0.244 e. The first-order valence-corrected chi connectivity index (χ1v) is 10.4. The molecule has 150 valence electrons. The Hall–Kier alpha value is -2.75. The molecule has 8 nitrogen and oxygen atoms in total. The largest absolute Gasteiger partial charge is 0.379 e. The van der Waals surface area contributed by atoms with Crippen LogP contribution in [0.2, 0.25) is 0 Å². The van der Waals surface area contributed by atoms with E-state index in [1.807, 2.05) is 32.2 Å². The van der Waals surface area contributed by atoms with Gasteiger partial charge < -0.3 is 14.6 Å². The minimum atomic E-state index is -0.163. The van der Waals surface area contributed by atoms with Crippen molar-refractivity contribution in [3.05, 3.63) is 30.5 Å². The Morgan fingerprint density at radius 2 is 2.17 bits per heavy atom. The molecule has 1 amide bonds. The summed E-state index contributed by atoms with van der Waals surface area (Å²) >= 11 is 1.60. The van der Waals surface area contributed by atoms with Gasteiger partial charge in [0.1, 0.15) is 5.00 Å². The van der Waals surface area contributed by atoms with Crippen molar-refractivity contribution in [2.24, 2.45) is 0 Å². The predicted octanol–water partition coefficient (Wildman–Crippen LogP) is 2.85. The van der Waals surface area contributed by atoms with Gasteiger partial charge in [-0.1, -0.05) is 0 Å². The van der Waals surface area contributed by atoms with Gasteiger partial charge in [-0.3, -0.25) is 14.8 Å². The molecule has 0 aliphatic carbocycles. The smallest absolute Gasteiger partial charge is 0.244 e. The zero-order valence-corrected chi connectivity index (χ0v) is 17.1. The molecule has 4 aromatic rings. The molecule has 0 bridgehead atoms. The molecule has 0 unspecified atom stereocenters. The van der Waals surface area contributed by atoms with Crippen LogP contribution >= 0.6 is 11.3 Å². The lowest BCUT2D eigenvalue weighted by Gasteiger charge is -2.33. The third kappa shape index (κ3) is 3.21. The minimum Gasteiger partial charge on any atom is -0.379 e. The molecule has 9 heteroatoms. The number of pyridine rings is 1. The topological polar surface area (TPSA) is 90.1 Å². The van der Waals surface area contributed by atoms with E-state index in [-0.39, 0.29) is 11.9 Å². The molecule has 0 saturated carbocycles. The lowest BCUT2D eigenvalue weighted by Crippen LogP contribution is -2.50. The van der Waals surface area contributed by atoms with Crippen molar-refractivity contribution >= 4 is 43.5 Å². The van der Waals surface area contributed by atoms with E-state index in [0.717, 1.165) is 45.1 Å². The van der Waals surface area contributed by atoms with E-state index in [0.29, 0.717) is 18.9 Å². The highest BCUT2D eigenvalue weighted by atomic mass is 32.1. The third-order valence-corrected chi connectivity index (χ3v) is 6.66. The number of nitrogens with one attached hydrogen (secondary N) is 2. The van der Waals surface area contributed by atoms with Gasteiger partial charge >= 0.3 is 0 Å². The van der Waals surface area contributed by atoms with E-state index in [1.165, 1.54) is 0 Å². The number of carbonyl (C=O) groups excluding carboxylic acids is 1. The predicted molar refractivity (Wildman–Crippen MR) is 114 cm³/mol. The number of hydrogen-bond donors (Lipinski definition) is 2. The fourth-order valence-corrected chi connectivity index (χ4v) is 4.80. The monoisotopic (exact) mass is 410 g/mol. The number of amides is 1. The van der Waals surface area contributed by atoms with Gasteiger partial charge in [0.05, 0.1) is 40.9 Å². The van der Waals surface area contributed by atoms with Crippen LogP contribution in [0, 0.1) is 0 Å². The van der Waals surface area contributed by atoms with Gasteiger partial charge in [0.15, 0.2) is 5.65 Å². The molecular weight excluding hydrogens is 388 g/mol. The Kier molecular flexibility index (Phi) is 4.57. The highest BCUT2D eigenvalue weighted by Crippen LogP contribution is 2.36. The van der Waals surface area contributed by atoms with Crippen LogP contribution in [0.1, 0.15) is 6.92 Å². The second-order valence-corrected chi connectivity index (χ2v) is 8.30. The van der Waals surface area contributed by atoms with E-state index in [4.69, 9.17) is 4.74 Å². The molecule has 0 spiro atoms. The number of anilines is 1. The van der Waals surface area contributed by atoms with Crippen LogP contribution < -0.4 is 4.90 Å². The number of nitrogens with zero attached hydrogens (tertiary/aromatic N) is 4. The van der Waals surface area contributed by atoms with Crippen molar-refractivity contribution in [3.8, 4) is 11.4 Å².